The van der Waals surface area contributed by atoms with Crippen molar-refractivity contribution >= 4 is 0 Å². The number of aryl methyl sites for hydroxylation is 1. The summed E-state index contributed by atoms with van der Waals surface area (Å²) in [5, 5.41) is 4.12. The molecule has 3 rings (SSSR count). The van der Waals surface area contributed by atoms with Gasteiger partial charge in [0.05, 0.1) is 5.54 Å². The van der Waals surface area contributed by atoms with E-state index in [9.17, 15) is 0 Å². The Morgan fingerprint density at radius 1 is 1.10 bits per heavy atom. The molecule has 1 aliphatic rings. The number of nitrogens with two attached hydrogens (primary N) is 1. The van der Waals surface area contributed by atoms with E-state index in [-0.39, 0.29) is 0 Å². The van der Waals surface area contributed by atoms with Crippen LogP contribution < -0.4 is 5.73 Å². The minimum atomic E-state index is -0.422. The maximum absolute atomic E-state index is 6.51. The van der Waals surface area contributed by atoms with Crippen molar-refractivity contribution in [2.24, 2.45) is 5.73 Å². The van der Waals surface area contributed by atoms with Crippen LogP contribution in [0.25, 0.3) is 0 Å². The summed E-state index contributed by atoms with van der Waals surface area (Å²) in [7, 11) is 0. The van der Waals surface area contributed by atoms with E-state index in [0.29, 0.717) is 12.3 Å². The van der Waals surface area contributed by atoms with Crippen LogP contribution in [0.4, 0.5) is 0 Å². The van der Waals surface area contributed by atoms with Crippen LogP contribution in [0.5, 0.6) is 0 Å². The number of nitrogens with zero attached hydrogens (tertiary/aromatic N) is 2. The van der Waals surface area contributed by atoms with Gasteiger partial charge in [-0.15, -0.1) is 0 Å². The van der Waals surface area contributed by atoms with Crippen LogP contribution in [-0.4, -0.2) is 10.1 Å². The van der Waals surface area contributed by atoms with Gasteiger partial charge in [0.25, 0.3) is 0 Å². The molecule has 1 aliphatic carbocycles. The van der Waals surface area contributed by atoms with Crippen LogP contribution in [-0.2, 0) is 12.0 Å². The maximum Gasteiger partial charge on any atom is 0.246 e. The molecule has 4 heteroatoms. The van der Waals surface area contributed by atoms with Gasteiger partial charge in [-0.1, -0.05) is 60.7 Å². The molecule has 112 valence electrons. The standard InChI is InChI=1S/C17H23N3O/c1-13-6-8-14(9-7-13)12-15-19-16(21-20-15)17(18)10-4-2-3-5-11-17/h6-9H,2-5,10-12,18H2,1H3. The lowest BCUT2D eigenvalue weighted by atomic mass is 9.91. The molecule has 1 aromatic carbocycles. The Balaban J connectivity index is 1.74. The Kier molecular flexibility index (Phi) is 4.06. The van der Waals surface area contributed by atoms with E-state index in [4.69, 9.17) is 10.3 Å². The minimum absolute atomic E-state index is 0.422. The Labute approximate surface area is 125 Å². The summed E-state index contributed by atoms with van der Waals surface area (Å²) < 4.78 is 5.47. The third-order valence-electron chi connectivity index (χ3n) is 4.37. The molecule has 0 spiro atoms. The lowest BCUT2D eigenvalue weighted by Gasteiger charge is -2.22. The number of benzene rings is 1. The van der Waals surface area contributed by atoms with Crippen molar-refractivity contribution in [1.82, 2.24) is 10.1 Å². The Morgan fingerprint density at radius 3 is 2.43 bits per heavy atom. The van der Waals surface area contributed by atoms with Gasteiger partial charge < -0.3 is 10.3 Å². The zero-order chi connectivity index (χ0) is 14.7. The highest BCUT2D eigenvalue weighted by Gasteiger charge is 2.34. The molecule has 0 atom stereocenters. The van der Waals surface area contributed by atoms with Crippen molar-refractivity contribution in [3.63, 3.8) is 0 Å². The first-order valence-corrected chi connectivity index (χ1v) is 7.83. The highest BCUT2D eigenvalue weighted by atomic mass is 16.5. The Bertz CT molecular complexity index is 580. The predicted octanol–water partition coefficient (Wildman–Crippen LogP) is 3.48. The fourth-order valence-electron chi connectivity index (χ4n) is 2.99. The lowest BCUT2D eigenvalue weighted by molar-refractivity contribution is 0.256. The van der Waals surface area contributed by atoms with Crippen LogP contribution in [0.3, 0.4) is 0 Å². The molecule has 1 saturated carbocycles. The molecule has 0 unspecified atom stereocenters. The number of hydrogen-bond donors (Lipinski definition) is 1. The monoisotopic (exact) mass is 285 g/mol. The van der Waals surface area contributed by atoms with Crippen LogP contribution in [0.15, 0.2) is 28.8 Å². The van der Waals surface area contributed by atoms with Crippen LogP contribution >= 0.6 is 0 Å². The van der Waals surface area contributed by atoms with Crippen LogP contribution in [0.2, 0.25) is 0 Å². The highest BCUT2D eigenvalue weighted by molar-refractivity contribution is 5.23. The van der Waals surface area contributed by atoms with Gasteiger partial charge in [0.15, 0.2) is 5.82 Å². The van der Waals surface area contributed by atoms with E-state index in [0.717, 1.165) is 31.5 Å². The van der Waals surface area contributed by atoms with Gasteiger partial charge in [-0.2, -0.15) is 4.98 Å². The van der Waals surface area contributed by atoms with Gasteiger partial charge in [-0.05, 0) is 25.3 Å². The van der Waals surface area contributed by atoms with E-state index in [1.165, 1.54) is 24.0 Å². The maximum atomic E-state index is 6.51. The molecule has 2 aromatic rings. The molecular weight excluding hydrogens is 262 g/mol. The van der Waals surface area contributed by atoms with Gasteiger partial charge >= 0.3 is 0 Å². The first kappa shape index (κ1) is 14.3. The molecule has 0 saturated heterocycles. The molecular formula is C17H23N3O. The summed E-state index contributed by atoms with van der Waals surface area (Å²) in [6, 6.07) is 8.42. The smallest absolute Gasteiger partial charge is 0.246 e. The molecule has 0 aliphatic heterocycles. The van der Waals surface area contributed by atoms with Crippen LogP contribution in [0.1, 0.15) is 61.4 Å². The molecule has 1 aromatic heterocycles. The molecule has 1 fully saturated rings. The average Bonchev–Trinajstić information content (AvgIpc) is 2.84. The Hall–Kier alpha value is -1.68. The van der Waals surface area contributed by atoms with Gasteiger partial charge in [-0.25, -0.2) is 0 Å². The van der Waals surface area contributed by atoms with Crippen molar-refractivity contribution in [2.45, 2.75) is 57.4 Å². The molecule has 0 amide bonds. The molecule has 0 radical (unpaired) electrons. The molecule has 1 heterocycles. The highest BCUT2D eigenvalue weighted by Crippen LogP contribution is 2.32. The van der Waals surface area contributed by atoms with Gasteiger partial charge in [-0.3, -0.25) is 0 Å². The topological polar surface area (TPSA) is 64.9 Å². The van der Waals surface area contributed by atoms with E-state index in [2.05, 4.69) is 41.3 Å². The van der Waals surface area contributed by atoms with Crippen LogP contribution in [0, 0.1) is 6.92 Å². The van der Waals surface area contributed by atoms with Gasteiger partial charge in [0, 0.05) is 6.42 Å². The minimum Gasteiger partial charge on any atom is -0.337 e. The molecule has 0 bridgehead atoms. The molecule has 21 heavy (non-hydrogen) atoms. The third-order valence-corrected chi connectivity index (χ3v) is 4.37. The number of rotatable bonds is 3. The first-order valence-electron chi connectivity index (χ1n) is 7.83. The average molecular weight is 285 g/mol. The van der Waals surface area contributed by atoms with Gasteiger partial charge in [0.2, 0.25) is 5.89 Å². The van der Waals surface area contributed by atoms with Crippen molar-refractivity contribution < 1.29 is 4.52 Å². The second-order valence-electron chi connectivity index (χ2n) is 6.25. The quantitative estimate of drug-likeness (QED) is 0.877. The summed E-state index contributed by atoms with van der Waals surface area (Å²) in [4.78, 5) is 4.56. The fourth-order valence-corrected chi connectivity index (χ4v) is 2.99. The van der Waals surface area contributed by atoms with Crippen molar-refractivity contribution in [2.75, 3.05) is 0 Å². The molecule has 2 N–H and O–H groups in total. The normalized spacial score (nSPS) is 18.4. The Morgan fingerprint density at radius 2 is 1.76 bits per heavy atom. The first-order chi connectivity index (χ1) is 10.2. The summed E-state index contributed by atoms with van der Waals surface area (Å²) in [5.41, 5.74) is 8.54. The fraction of sp³-hybridized carbons (Fsp3) is 0.529. The van der Waals surface area contributed by atoms with Gasteiger partial charge in [0.1, 0.15) is 0 Å². The van der Waals surface area contributed by atoms with Crippen molar-refractivity contribution in [1.29, 1.82) is 0 Å². The zero-order valence-corrected chi connectivity index (χ0v) is 12.6. The predicted molar refractivity (Wildman–Crippen MR) is 81.9 cm³/mol. The number of aromatic nitrogens is 2. The summed E-state index contributed by atoms with van der Waals surface area (Å²) in [5.74, 6) is 1.34. The van der Waals surface area contributed by atoms with E-state index in [1.54, 1.807) is 0 Å². The van der Waals surface area contributed by atoms with E-state index >= 15 is 0 Å². The van der Waals surface area contributed by atoms with Crippen molar-refractivity contribution in [3.05, 3.63) is 47.1 Å². The van der Waals surface area contributed by atoms with E-state index < -0.39 is 5.54 Å². The second kappa shape index (κ2) is 5.98. The summed E-state index contributed by atoms with van der Waals surface area (Å²) >= 11 is 0. The van der Waals surface area contributed by atoms with Crippen molar-refractivity contribution in [3.8, 4) is 0 Å². The zero-order valence-electron chi connectivity index (χ0n) is 12.6. The summed E-state index contributed by atoms with van der Waals surface area (Å²) in [6.45, 7) is 2.08. The second-order valence-corrected chi connectivity index (χ2v) is 6.25. The third kappa shape index (κ3) is 3.32. The lowest BCUT2D eigenvalue weighted by Crippen LogP contribution is -2.36. The summed E-state index contributed by atoms with van der Waals surface area (Å²) in [6.07, 6.45) is 7.38. The largest absolute Gasteiger partial charge is 0.337 e. The SMILES string of the molecule is Cc1ccc(Cc2noc(C3(N)CCCCCC3)n2)cc1. The van der Waals surface area contributed by atoms with E-state index in [1.807, 2.05) is 0 Å². The molecule has 4 nitrogen and oxygen atoms in total. The number of hydrogen-bond acceptors (Lipinski definition) is 4.